The van der Waals surface area contributed by atoms with Crippen molar-refractivity contribution in [3.05, 3.63) is 75.1 Å². The number of aromatic amines is 1. The second kappa shape index (κ2) is 6.51. The van der Waals surface area contributed by atoms with Gasteiger partial charge in [-0.2, -0.15) is 5.10 Å². The zero-order chi connectivity index (χ0) is 20.3. The van der Waals surface area contributed by atoms with Crippen molar-refractivity contribution in [2.45, 2.75) is 0 Å². The molecule has 0 amide bonds. The van der Waals surface area contributed by atoms with Gasteiger partial charge in [-0.1, -0.05) is 41.4 Å². The Labute approximate surface area is 176 Å². The van der Waals surface area contributed by atoms with Crippen LogP contribution < -0.4 is 5.56 Å². The van der Waals surface area contributed by atoms with Crippen LogP contribution in [-0.4, -0.2) is 19.3 Å². The van der Waals surface area contributed by atoms with Crippen molar-refractivity contribution in [1.82, 2.24) is 19.3 Å². The maximum atomic E-state index is 13.2. The van der Waals surface area contributed by atoms with Crippen LogP contribution in [-0.2, 0) is 14.1 Å². The van der Waals surface area contributed by atoms with Crippen molar-refractivity contribution in [1.29, 1.82) is 0 Å². The quantitative estimate of drug-likeness (QED) is 0.414. The predicted octanol–water partition coefficient (Wildman–Crippen LogP) is 5.39. The SMILES string of the molecule is Cn1c(=O)c(-c2ccc(Cl)cc2Cl)cc2c3c(-c4ccn[nH]4)cccc3n(C)c21. The number of nitrogens with zero attached hydrogens (tertiary/aromatic N) is 3. The fraction of sp³-hybridized carbons (Fsp3) is 0.0909. The van der Waals surface area contributed by atoms with Gasteiger partial charge in [-0.15, -0.1) is 0 Å². The molecule has 0 radical (unpaired) electrons. The summed E-state index contributed by atoms with van der Waals surface area (Å²) in [5.41, 5.74) is 4.89. The molecule has 0 aliphatic rings. The zero-order valence-corrected chi connectivity index (χ0v) is 17.2. The molecule has 0 fully saturated rings. The standard InChI is InChI=1S/C22H16Cl2N4O/c1-27-19-5-3-4-14(18-8-9-25-26-18)20(19)16-11-15(22(29)28(2)21(16)27)13-7-6-12(23)10-17(13)24/h3-11H,1-2H3,(H,25,26). The Morgan fingerprint density at radius 2 is 1.76 bits per heavy atom. The summed E-state index contributed by atoms with van der Waals surface area (Å²) >= 11 is 12.5. The average molecular weight is 423 g/mol. The summed E-state index contributed by atoms with van der Waals surface area (Å²) in [6.07, 6.45) is 1.73. The highest BCUT2D eigenvalue weighted by Crippen LogP contribution is 2.37. The van der Waals surface area contributed by atoms with E-state index in [1.807, 2.05) is 29.8 Å². The van der Waals surface area contributed by atoms with Crippen LogP contribution in [0.4, 0.5) is 0 Å². The Balaban J connectivity index is 1.95. The molecule has 5 nitrogen and oxygen atoms in total. The van der Waals surface area contributed by atoms with Gasteiger partial charge in [-0.3, -0.25) is 14.5 Å². The van der Waals surface area contributed by atoms with Gasteiger partial charge in [-0.25, -0.2) is 0 Å². The van der Waals surface area contributed by atoms with Gasteiger partial charge in [-0.05, 0) is 30.3 Å². The highest BCUT2D eigenvalue weighted by molar-refractivity contribution is 6.36. The number of aromatic nitrogens is 4. The van der Waals surface area contributed by atoms with Gasteiger partial charge in [0, 0.05) is 52.8 Å². The molecular weight excluding hydrogens is 407 g/mol. The molecule has 0 saturated carbocycles. The summed E-state index contributed by atoms with van der Waals surface area (Å²) in [5.74, 6) is 0. The van der Waals surface area contributed by atoms with E-state index < -0.39 is 0 Å². The number of benzene rings is 2. The number of halogens is 2. The van der Waals surface area contributed by atoms with E-state index in [0.29, 0.717) is 21.2 Å². The van der Waals surface area contributed by atoms with Crippen LogP contribution >= 0.6 is 23.2 Å². The topological polar surface area (TPSA) is 55.6 Å². The number of rotatable bonds is 2. The van der Waals surface area contributed by atoms with Crippen LogP contribution in [0.25, 0.3) is 44.3 Å². The van der Waals surface area contributed by atoms with E-state index in [0.717, 1.165) is 33.2 Å². The third-order valence-corrected chi connectivity index (χ3v) is 5.93. The van der Waals surface area contributed by atoms with Crippen LogP contribution in [0.5, 0.6) is 0 Å². The van der Waals surface area contributed by atoms with Crippen LogP contribution in [0.1, 0.15) is 0 Å². The van der Waals surface area contributed by atoms with E-state index in [2.05, 4.69) is 22.3 Å². The van der Waals surface area contributed by atoms with E-state index in [1.54, 1.807) is 36.0 Å². The lowest BCUT2D eigenvalue weighted by molar-refractivity contribution is 0.846. The number of H-pyrrole nitrogens is 1. The number of fused-ring (bicyclic) bond motifs is 3. The fourth-order valence-electron chi connectivity index (χ4n) is 4.07. The Morgan fingerprint density at radius 1 is 0.931 bits per heavy atom. The summed E-state index contributed by atoms with van der Waals surface area (Å²) < 4.78 is 3.71. The van der Waals surface area contributed by atoms with Crippen molar-refractivity contribution in [3.63, 3.8) is 0 Å². The van der Waals surface area contributed by atoms with Crippen molar-refractivity contribution < 1.29 is 0 Å². The zero-order valence-electron chi connectivity index (χ0n) is 15.7. The first-order valence-electron chi connectivity index (χ1n) is 9.03. The fourth-order valence-corrected chi connectivity index (χ4v) is 4.58. The third kappa shape index (κ3) is 2.62. The Bertz CT molecular complexity index is 1460. The van der Waals surface area contributed by atoms with Crippen LogP contribution in [0.2, 0.25) is 10.0 Å². The molecule has 0 unspecified atom stereocenters. The van der Waals surface area contributed by atoms with E-state index in [-0.39, 0.29) is 5.56 Å². The van der Waals surface area contributed by atoms with E-state index in [4.69, 9.17) is 23.2 Å². The number of aryl methyl sites for hydroxylation is 2. The number of nitrogens with one attached hydrogen (secondary N) is 1. The molecular formula is C22H16Cl2N4O. The first-order valence-corrected chi connectivity index (χ1v) is 9.79. The van der Waals surface area contributed by atoms with Gasteiger partial charge < -0.3 is 4.57 Å². The van der Waals surface area contributed by atoms with Crippen LogP contribution in [0.15, 0.2) is 59.5 Å². The molecule has 0 spiro atoms. The van der Waals surface area contributed by atoms with Crippen LogP contribution in [0.3, 0.4) is 0 Å². The molecule has 2 aromatic carbocycles. The Hall–Kier alpha value is -3.02. The molecule has 0 saturated heterocycles. The van der Waals surface area contributed by atoms with Gasteiger partial charge in [0.15, 0.2) is 0 Å². The highest BCUT2D eigenvalue weighted by Gasteiger charge is 2.19. The summed E-state index contributed by atoms with van der Waals surface area (Å²) in [4.78, 5) is 13.2. The first-order chi connectivity index (χ1) is 14.0. The van der Waals surface area contributed by atoms with E-state index in [9.17, 15) is 4.79 Å². The van der Waals surface area contributed by atoms with Crippen molar-refractivity contribution in [3.8, 4) is 22.4 Å². The lowest BCUT2D eigenvalue weighted by Crippen LogP contribution is -2.20. The second-order valence-corrected chi connectivity index (χ2v) is 7.86. The van der Waals surface area contributed by atoms with Crippen molar-refractivity contribution in [2.75, 3.05) is 0 Å². The monoisotopic (exact) mass is 422 g/mol. The maximum absolute atomic E-state index is 13.2. The third-order valence-electron chi connectivity index (χ3n) is 5.39. The molecule has 0 bridgehead atoms. The Morgan fingerprint density at radius 3 is 2.48 bits per heavy atom. The number of hydrogen-bond donors (Lipinski definition) is 1. The minimum Gasteiger partial charge on any atom is -0.330 e. The van der Waals surface area contributed by atoms with Crippen molar-refractivity contribution in [2.24, 2.45) is 14.1 Å². The molecule has 3 heterocycles. The summed E-state index contributed by atoms with van der Waals surface area (Å²) in [7, 11) is 3.75. The molecule has 0 aliphatic carbocycles. The van der Waals surface area contributed by atoms with Gasteiger partial charge in [0.05, 0.1) is 16.2 Å². The second-order valence-electron chi connectivity index (χ2n) is 7.01. The van der Waals surface area contributed by atoms with Crippen molar-refractivity contribution >= 4 is 45.1 Å². The smallest absolute Gasteiger partial charge is 0.259 e. The average Bonchev–Trinajstić information content (AvgIpc) is 3.32. The maximum Gasteiger partial charge on any atom is 0.259 e. The molecule has 3 aromatic heterocycles. The molecule has 144 valence electrons. The highest BCUT2D eigenvalue weighted by atomic mass is 35.5. The summed E-state index contributed by atoms with van der Waals surface area (Å²) in [6.45, 7) is 0. The molecule has 0 aliphatic heterocycles. The number of pyridine rings is 1. The van der Waals surface area contributed by atoms with Crippen LogP contribution in [0, 0.1) is 0 Å². The normalized spacial score (nSPS) is 11.6. The van der Waals surface area contributed by atoms with E-state index >= 15 is 0 Å². The largest absolute Gasteiger partial charge is 0.330 e. The molecule has 1 N–H and O–H groups in total. The minimum atomic E-state index is -0.115. The molecule has 5 rings (SSSR count). The lowest BCUT2D eigenvalue weighted by Gasteiger charge is -2.10. The van der Waals surface area contributed by atoms with Gasteiger partial charge in [0.2, 0.25) is 0 Å². The summed E-state index contributed by atoms with van der Waals surface area (Å²) in [6, 6.07) is 15.2. The van der Waals surface area contributed by atoms with Gasteiger partial charge >= 0.3 is 0 Å². The van der Waals surface area contributed by atoms with Gasteiger partial charge in [0.1, 0.15) is 5.65 Å². The number of hydrogen-bond acceptors (Lipinski definition) is 2. The van der Waals surface area contributed by atoms with Gasteiger partial charge in [0.25, 0.3) is 5.56 Å². The predicted molar refractivity (Wildman–Crippen MR) is 119 cm³/mol. The first kappa shape index (κ1) is 18.0. The lowest BCUT2D eigenvalue weighted by atomic mass is 10.0. The minimum absolute atomic E-state index is 0.115. The molecule has 29 heavy (non-hydrogen) atoms. The molecule has 7 heteroatoms. The Kier molecular flexibility index (Phi) is 4.05. The molecule has 0 atom stereocenters. The molecule has 5 aromatic rings. The summed E-state index contributed by atoms with van der Waals surface area (Å²) in [5, 5.41) is 10.1. The van der Waals surface area contributed by atoms with E-state index in [1.165, 1.54) is 0 Å².